The van der Waals surface area contributed by atoms with E-state index >= 15 is 0 Å². The van der Waals surface area contributed by atoms with Crippen LogP contribution in [0.25, 0.3) is 32.7 Å². The number of nitrogens with zero attached hydrogens (tertiary/aromatic N) is 2. The van der Waals surface area contributed by atoms with Crippen molar-refractivity contribution in [3.63, 3.8) is 0 Å². The first-order valence-electron chi connectivity index (χ1n) is 14.9. The molecule has 0 saturated heterocycles. The van der Waals surface area contributed by atoms with Crippen LogP contribution in [-0.4, -0.2) is 35.0 Å². The average Bonchev–Trinajstić information content (AvgIpc) is 3.26. The molecule has 0 aromatic heterocycles. The van der Waals surface area contributed by atoms with Crippen LogP contribution in [0.4, 0.5) is 11.4 Å². The molecule has 0 unspecified atom stereocenters. The van der Waals surface area contributed by atoms with Crippen LogP contribution in [0.3, 0.4) is 0 Å². The molecule has 0 aliphatic carbocycles. The Hall–Kier alpha value is -5.84. The summed E-state index contributed by atoms with van der Waals surface area (Å²) >= 11 is 0. The molecular formula is C41H32N2O2. The van der Waals surface area contributed by atoms with Crippen molar-refractivity contribution in [1.29, 1.82) is 0 Å². The topological polar surface area (TPSA) is 24.9 Å². The third-order valence-corrected chi connectivity index (χ3v) is 8.11. The molecule has 0 fully saturated rings. The van der Waals surface area contributed by atoms with E-state index in [9.17, 15) is 0 Å². The van der Waals surface area contributed by atoms with Crippen molar-refractivity contribution in [3.05, 3.63) is 131 Å². The summed E-state index contributed by atoms with van der Waals surface area (Å²) in [5.74, 6) is 14.9. The maximum atomic E-state index is 6.11. The quantitative estimate of drug-likeness (QED) is 0.191. The minimum absolute atomic E-state index is 0.156. The summed E-state index contributed by atoms with van der Waals surface area (Å²) in [5.41, 5.74) is 8.26. The Morgan fingerprint density at radius 3 is 1.22 bits per heavy atom. The van der Waals surface area contributed by atoms with Gasteiger partial charge in [-0.1, -0.05) is 47.9 Å². The number of anilines is 2. The monoisotopic (exact) mass is 584 g/mol. The van der Waals surface area contributed by atoms with Crippen LogP contribution in [0.5, 0.6) is 11.5 Å². The Morgan fingerprint density at radius 1 is 0.444 bits per heavy atom. The second-order valence-corrected chi connectivity index (χ2v) is 11.5. The molecule has 0 amide bonds. The number of benzene rings is 6. The number of fused-ring (bicyclic) bond motifs is 7. The third-order valence-electron chi connectivity index (χ3n) is 8.11. The first kappa shape index (κ1) is 28.0. The third kappa shape index (κ3) is 5.63. The molecule has 6 aromatic rings. The summed E-state index contributed by atoms with van der Waals surface area (Å²) in [6.07, 6.45) is 0. The second-order valence-electron chi connectivity index (χ2n) is 11.5. The van der Waals surface area contributed by atoms with Crippen LogP contribution in [0.1, 0.15) is 22.3 Å². The molecule has 1 aliphatic heterocycles. The molecule has 45 heavy (non-hydrogen) atoms. The van der Waals surface area contributed by atoms with Crippen LogP contribution in [0.2, 0.25) is 0 Å². The predicted octanol–water partition coefficient (Wildman–Crippen LogP) is 8.32. The molecule has 1 heterocycles. The largest absolute Gasteiger partial charge is 0.457 e. The van der Waals surface area contributed by atoms with Gasteiger partial charge in [-0.15, -0.1) is 0 Å². The number of hydrogen-bond donors (Lipinski definition) is 0. The minimum Gasteiger partial charge on any atom is -0.457 e. The first-order chi connectivity index (χ1) is 21.9. The fraction of sp³-hybridized carbons (Fsp3) is 0.122. The zero-order chi connectivity index (χ0) is 30.9. The SMILES string of the molecule is CN(C)c1ccc(C#Cc2ccc3c4c(ccc3c2)OCOc2ccc3cc(C#Cc5ccc(N(C)C)cc5)ccc3c2-4)cc1. The molecule has 0 saturated carbocycles. The van der Waals surface area contributed by atoms with Gasteiger partial charge in [0.15, 0.2) is 0 Å². The summed E-state index contributed by atoms with van der Waals surface area (Å²) in [7, 11) is 8.15. The number of ether oxygens (including phenoxy) is 2. The van der Waals surface area contributed by atoms with Crippen molar-refractivity contribution in [1.82, 2.24) is 0 Å². The van der Waals surface area contributed by atoms with Gasteiger partial charge >= 0.3 is 0 Å². The van der Waals surface area contributed by atoms with Crippen LogP contribution >= 0.6 is 0 Å². The molecule has 218 valence electrons. The summed E-state index contributed by atoms with van der Waals surface area (Å²) < 4.78 is 12.2. The van der Waals surface area contributed by atoms with Crippen LogP contribution in [0.15, 0.2) is 109 Å². The van der Waals surface area contributed by atoms with Gasteiger partial charge < -0.3 is 19.3 Å². The van der Waals surface area contributed by atoms with Crippen molar-refractivity contribution in [2.24, 2.45) is 0 Å². The van der Waals surface area contributed by atoms with Gasteiger partial charge in [0.1, 0.15) is 11.5 Å². The molecule has 0 N–H and O–H groups in total. The van der Waals surface area contributed by atoms with Crippen molar-refractivity contribution in [2.75, 3.05) is 44.8 Å². The van der Waals surface area contributed by atoms with Gasteiger partial charge in [-0.25, -0.2) is 0 Å². The Bertz CT molecular complexity index is 2030. The van der Waals surface area contributed by atoms with E-state index in [-0.39, 0.29) is 6.79 Å². The Morgan fingerprint density at radius 2 is 0.822 bits per heavy atom. The zero-order valence-electron chi connectivity index (χ0n) is 25.8. The maximum Gasteiger partial charge on any atom is 0.230 e. The predicted molar refractivity (Wildman–Crippen MR) is 187 cm³/mol. The Kier molecular flexibility index (Phi) is 7.26. The zero-order valence-corrected chi connectivity index (χ0v) is 25.8. The molecule has 0 atom stereocenters. The molecular weight excluding hydrogens is 552 g/mol. The lowest BCUT2D eigenvalue weighted by molar-refractivity contribution is 0.125. The van der Waals surface area contributed by atoms with Gasteiger partial charge in [0.2, 0.25) is 6.79 Å². The maximum absolute atomic E-state index is 6.11. The fourth-order valence-corrected chi connectivity index (χ4v) is 5.66. The normalized spacial score (nSPS) is 11.5. The smallest absolute Gasteiger partial charge is 0.230 e. The Balaban J connectivity index is 1.26. The second kappa shape index (κ2) is 11.7. The molecule has 6 aromatic carbocycles. The fourth-order valence-electron chi connectivity index (χ4n) is 5.66. The molecule has 1 aliphatic rings. The van der Waals surface area contributed by atoms with E-state index in [0.717, 1.165) is 77.8 Å². The first-order valence-corrected chi connectivity index (χ1v) is 14.9. The highest BCUT2D eigenvalue weighted by Gasteiger charge is 2.22. The number of rotatable bonds is 2. The van der Waals surface area contributed by atoms with E-state index < -0.39 is 0 Å². The summed E-state index contributed by atoms with van der Waals surface area (Å²) in [5, 5.41) is 4.38. The Labute approximate surface area is 264 Å². The van der Waals surface area contributed by atoms with Crippen molar-refractivity contribution in [2.45, 2.75) is 0 Å². The molecule has 0 spiro atoms. The van der Waals surface area contributed by atoms with Crippen molar-refractivity contribution in [3.8, 4) is 46.3 Å². The van der Waals surface area contributed by atoms with Crippen LogP contribution in [0, 0.1) is 23.7 Å². The summed E-state index contributed by atoms with van der Waals surface area (Å²) in [6.45, 7) is 0.156. The highest BCUT2D eigenvalue weighted by Crippen LogP contribution is 2.47. The van der Waals surface area contributed by atoms with Crippen LogP contribution < -0.4 is 19.3 Å². The van der Waals surface area contributed by atoms with E-state index in [2.05, 4.69) is 131 Å². The number of hydrogen-bond acceptors (Lipinski definition) is 4. The van der Waals surface area contributed by atoms with E-state index in [1.54, 1.807) is 0 Å². The lowest BCUT2D eigenvalue weighted by atomic mass is 9.91. The van der Waals surface area contributed by atoms with Gasteiger partial charge in [-0.2, -0.15) is 0 Å². The van der Waals surface area contributed by atoms with E-state index in [1.807, 2.05) is 40.3 Å². The lowest BCUT2D eigenvalue weighted by Crippen LogP contribution is -2.07. The van der Waals surface area contributed by atoms with E-state index in [1.165, 1.54) is 0 Å². The molecule has 4 nitrogen and oxygen atoms in total. The highest BCUT2D eigenvalue weighted by molar-refractivity contribution is 6.10. The molecule has 4 heteroatoms. The molecule has 0 bridgehead atoms. The summed E-state index contributed by atoms with van der Waals surface area (Å²) in [6, 6.07) is 37.6. The van der Waals surface area contributed by atoms with E-state index in [0.29, 0.717) is 0 Å². The van der Waals surface area contributed by atoms with Crippen molar-refractivity contribution >= 4 is 32.9 Å². The summed E-state index contributed by atoms with van der Waals surface area (Å²) in [4.78, 5) is 4.17. The highest BCUT2D eigenvalue weighted by atomic mass is 16.7. The molecule has 7 rings (SSSR count). The van der Waals surface area contributed by atoms with Crippen molar-refractivity contribution < 1.29 is 9.47 Å². The van der Waals surface area contributed by atoms with E-state index in [4.69, 9.17) is 9.47 Å². The van der Waals surface area contributed by atoms with Gasteiger partial charge in [0.05, 0.1) is 0 Å². The van der Waals surface area contributed by atoms with Gasteiger partial charge in [0.25, 0.3) is 0 Å². The average molecular weight is 585 g/mol. The standard InChI is InChI=1S/C41H32N2O2/c1-42(2)34-17-9-28(10-18-34)5-7-30-13-21-36-32(25-30)15-23-38-40(36)41-37-22-14-31(26-33(37)16-24-39(41)45-27-44-38)8-6-29-11-19-35(20-12-29)43(3)4/h9-26H,27H2,1-4H3. The van der Waals surface area contributed by atoms with Gasteiger partial charge in [-0.3, -0.25) is 0 Å². The van der Waals surface area contributed by atoms with Gasteiger partial charge in [0, 0.05) is 72.9 Å². The van der Waals surface area contributed by atoms with Gasteiger partial charge in [-0.05, 0) is 106 Å². The lowest BCUT2D eigenvalue weighted by Gasteiger charge is -2.14. The van der Waals surface area contributed by atoms with Crippen LogP contribution in [-0.2, 0) is 0 Å². The minimum atomic E-state index is 0.156. The molecule has 0 radical (unpaired) electrons.